The molecule has 0 radical (unpaired) electrons. The molecule has 1 rings (SSSR count). The van der Waals surface area contributed by atoms with E-state index in [1.54, 1.807) is 14.0 Å². The molecular weight excluding hydrogens is 268 g/mol. The van der Waals surface area contributed by atoms with E-state index in [4.69, 9.17) is 9.47 Å². The lowest BCUT2D eigenvalue weighted by atomic mass is 10.1. The lowest BCUT2D eigenvalue weighted by Crippen LogP contribution is -2.39. The van der Waals surface area contributed by atoms with Crippen molar-refractivity contribution in [3.05, 3.63) is 29.8 Å². The van der Waals surface area contributed by atoms with Crippen LogP contribution in [0.5, 0.6) is 5.75 Å². The van der Waals surface area contributed by atoms with Gasteiger partial charge in [-0.15, -0.1) is 0 Å². The predicted octanol–water partition coefficient (Wildman–Crippen LogP) is 1.84. The molecule has 0 heterocycles. The zero-order valence-corrected chi connectivity index (χ0v) is 13.6. The van der Waals surface area contributed by atoms with Crippen LogP contribution in [0.15, 0.2) is 24.3 Å². The van der Waals surface area contributed by atoms with Crippen molar-refractivity contribution in [2.45, 2.75) is 26.0 Å². The molecule has 21 heavy (non-hydrogen) atoms. The van der Waals surface area contributed by atoms with Gasteiger partial charge in [0.25, 0.3) is 0 Å². The Morgan fingerprint density at radius 1 is 1.38 bits per heavy atom. The van der Waals surface area contributed by atoms with Gasteiger partial charge in [0, 0.05) is 13.2 Å². The van der Waals surface area contributed by atoms with Gasteiger partial charge in [0.15, 0.2) is 0 Å². The van der Waals surface area contributed by atoms with Crippen LogP contribution in [0, 0.1) is 0 Å². The molecule has 0 saturated heterocycles. The van der Waals surface area contributed by atoms with Gasteiger partial charge in [-0.3, -0.25) is 4.79 Å². The van der Waals surface area contributed by atoms with E-state index in [-0.39, 0.29) is 11.9 Å². The van der Waals surface area contributed by atoms with Crippen LogP contribution < -0.4 is 10.1 Å². The first-order valence-electron chi connectivity index (χ1n) is 7.19. The number of hydrogen-bond acceptors (Lipinski definition) is 4. The summed E-state index contributed by atoms with van der Waals surface area (Å²) in [5, 5.41) is 2.94. The Balaban J connectivity index is 2.72. The molecule has 5 nitrogen and oxygen atoms in total. The topological polar surface area (TPSA) is 50.8 Å². The summed E-state index contributed by atoms with van der Waals surface area (Å²) in [5.74, 6) is 0.722. The molecule has 0 bridgehead atoms. The molecule has 0 fully saturated rings. The summed E-state index contributed by atoms with van der Waals surface area (Å²) in [6.45, 7) is 4.69. The van der Waals surface area contributed by atoms with Crippen molar-refractivity contribution >= 4 is 5.91 Å². The van der Waals surface area contributed by atoms with E-state index in [1.165, 1.54) is 0 Å². The minimum absolute atomic E-state index is 0.0814. The van der Waals surface area contributed by atoms with Crippen LogP contribution in [0.4, 0.5) is 0 Å². The summed E-state index contributed by atoms with van der Waals surface area (Å²) in [5.41, 5.74) is 1.10. The Morgan fingerprint density at radius 3 is 2.67 bits per heavy atom. The molecule has 1 N–H and O–H groups in total. The van der Waals surface area contributed by atoms with Gasteiger partial charge in [-0.05, 0) is 45.6 Å². The van der Waals surface area contributed by atoms with Crippen molar-refractivity contribution in [1.29, 1.82) is 0 Å². The minimum Gasteiger partial charge on any atom is -0.497 e. The van der Waals surface area contributed by atoms with Crippen molar-refractivity contribution in [2.24, 2.45) is 0 Å². The first-order valence-corrected chi connectivity index (χ1v) is 7.19. The second-order valence-corrected chi connectivity index (χ2v) is 5.10. The summed E-state index contributed by atoms with van der Waals surface area (Å²) in [6, 6.07) is 7.97. The van der Waals surface area contributed by atoms with Gasteiger partial charge in [0.05, 0.1) is 13.2 Å². The highest BCUT2D eigenvalue weighted by atomic mass is 16.5. The number of nitrogens with zero attached hydrogens (tertiary/aromatic N) is 1. The highest BCUT2D eigenvalue weighted by Crippen LogP contribution is 2.22. The normalized spacial score (nSPS) is 13.8. The van der Waals surface area contributed by atoms with Crippen LogP contribution in [0.3, 0.4) is 0 Å². The average molecular weight is 294 g/mol. The van der Waals surface area contributed by atoms with Crippen LogP contribution in [-0.2, 0) is 9.53 Å². The molecule has 1 aromatic carbocycles. The Labute approximate surface area is 127 Å². The van der Waals surface area contributed by atoms with Gasteiger partial charge in [-0.1, -0.05) is 12.1 Å². The van der Waals surface area contributed by atoms with Gasteiger partial charge in [-0.2, -0.15) is 0 Å². The Bertz CT molecular complexity index is 449. The molecule has 118 valence electrons. The highest BCUT2D eigenvalue weighted by Gasteiger charge is 2.18. The molecule has 0 aromatic heterocycles. The number of nitrogens with one attached hydrogen (secondary N) is 1. The lowest BCUT2D eigenvalue weighted by molar-refractivity contribution is -0.131. The van der Waals surface area contributed by atoms with Crippen LogP contribution >= 0.6 is 0 Å². The number of amides is 1. The zero-order valence-electron chi connectivity index (χ0n) is 13.6. The third-order valence-electron chi connectivity index (χ3n) is 3.36. The van der Waals surface area contributed by atoms with Crippen molar-refractivity contribution in [2.75, 3.05) is 34.4 Å². The zero-order chi connectivity index (χ0) is 15.8. The summed E-state index contributed by atoms with van der Waals surface area (Å²) in [6.07, 6.45) is -0.428. The predicted molar refractivity (Wildman–Crippen MR) is 83.5 cm³/mol. The number of benzene rings is 1. The largest absolute Gasteiger partial charge is 0.497 e. The first kappa shape index (κ1) is 17.5. The molecular formula is C16H26N2O3. The molecule has 2 atom stereocenters. The maximum Gasteiger partial charge on any atom is 0.248 e. The average Bonchev–Trinajstić information content (AvgIpc) is 2.47. The second-order valence-electron chi connectivity index (χ2n) is 5.10. The number of carbonyl (C=O) groups is 1. The summed E-state index contributed by atoms with van der Waals surface area (Å²) < 4.78 is 10.5. The van der Waals surface area contributed by atoms with Crippen molar-refractivity contribution in [1.82, 2.24) is 10.2 Å². The van der Waals surface area contributed by atoms with E-state index < -0.39 is 6.10 Å². The fraction of sp³-hybridized carbons (Fsp3) is 0.562. The molecule has 1 aromatic rings. The van der Waals surface area contributed by atoms with E-state index in [2.05, 4.69) is 10.2 Å². The van der Waals surface area contributed by atoms with E-state index in [0.29, 0.717) is 13.2 Å². The number of carbonyl (C=O) groups excluding carboxylic acids is 1. The van der Waals surface area contributed by atoms with Crippen LogP contribution in [-0.4, -0.2) is 51.3 Å². The SMILES string of the molecule is CCO[C@H](C)C(=O)NC[C@H](c1cccc(OC)c1)N(C)C. The smallest absolute Gasteiger partial charge is 0.248 e. The number of ether oxygens (including phenoxy) is 2. The van der Waals surface area contributed by atoms with E-state index in [1.807, 2.05) is 45.3 Å². The molecule has 5 heteroatoms. The fourth-order valence-corrected chi connectivity index (χ4v) is 2.11. The van der Waals surface area contributed by atoms with Gasteiger partial charge in [-0.25, -0.2) is 0 Å². The molecule has 0 aliphatic heterocycles. The van der Waals surface area contributed by atoms with Crippen molar-refractivity contribution in [3.63, 3.8) is 0 Å². The lowest BCUT2D eigenvalue weighted by Gasteiger charge is -2.26. The summed E-state index contributed by atoms with van der Waals surface area (Å²) in [4.78, 5) is 14.0. The summed E-state index contributed by atoms with van der Waals surface area (Å²) in [7, 11) is 5.62. The van der Waals surface area contributed by atoms with Crippen LogP contribution in [0.25, 0.3) is 0 Å². The monoisotopic (exact) mass is 294 g/mol. The van der Waals surface area contributed by atoms with E-state index in [9.17, 15) is 4.79 Å². The van der Waals surface area contributed by atoms with Crippen LogP contribution in [0.2, 0.25) is 0 Å². The van der Waals surface area contributed by atoms with E-state index in [0.717, 1.165) is 11.3 Å². The molecule has 0 saturated carbocycles. The Hall–Kier alpha value is -1.59. The molecule has 0 unspecified atom stereocenters. The van der Waals surface area contributed by atoms with Crippen molar-refractivity contribution in [3.8, 4) is 5.75 Å². The van der Waals surface area contributed by atoms with Crippen molar-refractivity contribution < 1.29 is 14.3 Å². The molecule has 0 aliphatic carbocycles. The number of rotatable bonds is 8. The molecule has 0 spiro atoms. The van der Waals surface area contributed by atoms with Crippen LogP contribution in [0.1, 0.15) is 25.5 Å². The molecule has 1 amide bonds. The third kappa shape index (κ3) is 5.36. The number of likely N-dealkylation sites (N-methyl/N-ethyl adjacent to an activating group) is 1. The number of hydrogen-bond donors (Lipinski definition) is 1. The van der Waals surface area contributed by atoms with Gasteiger partial charge >= 0.3 is 0 Å². The Kier molecular flexibility index (Phi) is 7.19. The molecule has 0 aliphatic rings. The highest BCUT2D eigenvalue weighted by molar-refractivity contribution is 5.80. The van der Waals surface area contributed by atoms with Gasteiger partial charge in [0.2, 0.25) is 5.91 Å². The minimum atomic E-state index is -0.428. The quantitative estimate of drug-likeness (QED) is 0.795. The second kappa shape index (κ2) is 8.64. The Morgan fingerprint density at radius 2 is 2.10 bits per heavy atom. The standard InChI is InChI=1S/C16H26N2O3/c1-6-21-12(2)16(19)17-11-15(18(3)4)13-8-7-9-14(10-13)20-5/h7-10,12,15H,6,11H2,1-5H3,(H,17,19)/t12-,15-/m1/s1. The first-order chi connectivity index (χ1) is 9.99. The maximum absolute atomic E-state index is 11.9. The summed E-state index contributed by atoms with van der Waals surface area (Å²) >= 11 is 0. The fourth-order valence-electron chi connectivity index (χ4n) is 2.11. The third-order valence-corrected chi connectivity index (χ3v) is 3.36. The van der Waals surface area contributed by atoms with Gasteiger partial charge in [0.1, 0.15) is 11.9 Å². The van der Waals surface area contributed by atoms with E-state index >= 15 is 0 Å². The maximum atomic E-state index is 11.9. The number of methoxy groups -OCH3 is 1. The van der Waals surface area contributed by atoms with Gasteiger partial charge < -0.3 is 19.7 Å².